The SMILES string of the molecule is CCSc1nnc(NC(=O)CSc2nc3c(cnn3C3CCC(F)(F)CC3)c(=O)[nH]2)s1. The molecule has 0 saturated heterocycles. The summed E-state index contributed by atoms with van der Waals surface area (Å²) in [4.78, 5) is 31.7. The van der Waals surface area contributed by atoms with Crippen molar-refractivity contribution < 1.29 is 13.6 Å². The molecule has 3 aromatic rings. The normalized spacial score (nSPS) is 16.6. The zero-order chi connectivity index (χ0) is 22.0. The van der Waals surface area contributed by atoms with E-state index in [-0.39, 0.29) is 54.1 Å². The highest BCUT2D eigenvalue weighted by atomic mass is 32.2. The Hall–Kier alpha value is -2.06. The molecular formula is C17H19F2N7O2S3. The average molecular weight is 488 g/mol. The van der Waals surface area contributed by atoms with Gasteiger partial charge in [0, 0.05) is 12.8 Å². The first kappa shape index (κ1) is 22.1. The van der Waals surface area contributed by atoms with Gasteiger partial charge in [0.1, 0.15) is 5.39 Å². The van der Waals surface area contributed by atoms with E-state index in [2.05, 4.69) is 30.6 Å². The van der Waals surface area contributed by atoms with Crippen LogP contribution in [0.25, 0.3) is 11.0 Å². The second kappa shape index (κ2) is 9.20. The van der Waals surface area contributed by atoms with Crippen LogP contribution in [0.2, 0.25) is 0 Å². The smallest absolute Gasteiger partial charge is 0.262 e. The predicted octanol–water partition coefficient (Wildman–Crippen LogP) is 3.56. The van der Waals surface area contributed by atoms with Crippen LogP contribution in [0.5, 0.6) is 0 Å². The van der Waals surface area contributed by atoms with Crippen LogP contribution in [-0.2, 0) is 4.79 Å². The third-order valence-corrected chi connectivity index (χ3v) is 7.46. The van der Waals surface area contributed by atoms with Gasteiger partial charge in [-0.05, 0) is 18.6 Å². The molecule has 14 heteroatoms. The van der Waals surface area contributed by atoms with E-state index in [1.807, 2.05) is 6.92 Å². The van der Waals surface area contributed by atoms with Crippen molar-refractivity contribution in [2.75, 3.05) is 16.8 Å². The zero-order valence-electron chi connectivity index (χ0n) is 16.4. The standard InChI is InChI=1S/C17H19F2N7O2S3/c1-2-29-16-25-24-15(31-16)21-11(27)8-30-14-22-12-10(13(28)23-14)7-20-26(12)9-3-5-17(18,19)6-4-9/h7,9H,2-6,8H2,1H3,(H,21,24,27)(H,22,23,28). The van der Waals surface area contributed by atoms with Gasteiger partial charge < -0.3 is 4.98 Å². The van der Waals surface area contributed by atoms with Crippen LogP contribution in [0.3, 0.4) is 0 Å². The van der Waals surface area contributed by atoms with Crippen LogP contribution in [0, 0.1) is 0 Å². The first-order valence-corrected chi connectivity index (χ1v) is 12.4. The number of alkyl halides is 2. The number of nitrogens with zero attached hydrogens (tertiary/aromatic N) is 5. The minimum Gasteiger partial charge on any atom is -0.301 e. The molecule has 3 heterocycles. The molecule has 1 aliphatic carbocycles. The van der Waals surface area contributed by atoms with E-state index in [1.54, 1.807) is 4.68 Å². The van der Waals surface area contributed by atoms with E-state index < -0.39 is 5.92 Å². The van der Waals surface area contributed by atoms with Gasteiger partial charge in [0.15, 0.2) is 15.1 Å². The van der Waals surface area contributed by atoms with E-state index in [0.29, 0.717) is 16.2 Å². The highest BCUT2D eigenvalue weighted by Crippen LogP contribution is 2.38. The molecule has 31 heavy (non-hydrogen) atoms. The molecule has 4 rings (SSSR count). The number of amides is 1. The predicted molar refractivity (Wildman–Crippen MR) is 116 cm³/mol. The second-order valence-corrected chi connectivity index (χ2v) is 10.4. The number of aromatic amines is 1. The van der Waals surface area contributed by atoms with E-state index in [0.717, 1.165) is 21.9 Å². The van der Waals surface area contributed by atoms with Crippen LogP contribution in [-0.4, -0.2) is 53.3 Å². The summed E-state index contributed by atoms with van der Waals surface area (Å²) in [6, 6.07) is -0.236. The molecule has 0 aromatic carbocycles. The number of nitrogens with one attached hydrogen (secondary N) is 2. The maximum Gasteiger partial charge on any atom is 0.262 e. The summed E-state index contributed by atoms with van der Waals surface area (Å²) >= 11 is 3.89. The Morgan fingerprint density at radius 2 is 2.13 bits per heavy atom. The number of anilines is 1. The number of halogens is 2. The van der Waals surface area contributed by atoms with Crippen LogP contribution in [0.4, 0.5) is 13.9 Å². The first-order chi connectivity index (χ1) is 14.8. The van der Waals surface area contributed by atoms with Crippen LogP contribution in [0.1, 0.15) is 38.6 Å². The summed E-state index contributed by atoms with van der Waals surface area (Å²) in [5, 5.41) is 15.7. The quantitative estimate of drug-likeness (QED) is 0.295. The van der Waals surface area contributed by atoms with Crippen molar-refractivity contribution in [3.8, 4) is 0 Å². The van der Waals surface area contributed by atoms with Gasteiger partial charge in [0.25, 0.3) is 5.56 Å². The molecule has 1 fully saturated rings. The van der Waals surface area contributed by atoms with Gasteiger partial charge in [0.2, 0.25) is 17.0 Å². The summed E-state index contributed by atoms with van der Waals surface area (Å²) in [5.41, 5.74) is -0.0436. The molecule has 1 saturated carbocycles. The highest BCUT2D eigenvalue weighted by molar-refractivity contribution is 8.01. The number of fused-ring (bicyclic) bond motifs is 1. The number of thioether (sulfide) groups is 2. The summed E-state index contributed by atoms with van der Waals surface area (Å²) in [7, 11) is 0. The number of hydrogen-bond acceptors (Lipinski definition) is 9. The molecule has 0 aliphatic heterocycles. The van der Waals surface area contributed by atoms with Gasteiger partial charge >= 0.3 is 0 Å². The second-order valence-electron chi connectivity index (χ2n) is 6.93. The van der Waals surface area contributed by atoms with Crippen molar-refractivity contribution >= 4 is 56.9 Å². The third-order valence-electron chi connectivity index (χ3n) is 4.73. The van der Waals surface area contributed by atoms with Crippen LogP contribution >= 0.6 is 34.9 Å². The number of carbonyl (C=O) groups excluding carboxylic acids is 1. The number of hydrogen-bond donors (Lipinski definition) is 2. The molecule has 0 bridgehead atoms. The molecule has 2 N–H and O–H groups in total. The minimum absolute atomic E-state index is 0.00800. The summed E-state index contributed by atoms with van der Waals surface area (Å²) < 4.78 is 29.3. The number of carbonyl (C=O) groups is 1. The molecule has 0 atom stereocenters. The topological polar surface area (TPSA) is 118 Å². The Morgan fingerprint density at radius 3 is 2.87 bits per heavy atom. The van der Waals surface area contributed by atoms with Gasteiger partial charge in [-0.2, -0.15) is 5.10 Å². The Kier molecular flexibility index (Phi) is 6.57. The third kappa shape index (κ3) is 5.23. The van der Waals surface area contributed by atoms with Gasteiger partial charge in [-0.25, -0.2) is 18.4 Å². The van der Waals surface area contributed by atoms with Gasteiger partial charge in [-0.3, -0.25) is 14.9 Å². The summed E-state index contributed by atoms with van der Waals surface area (Å²) in [6.07, 6.45) is 1.51. The summed E-state index contributed by atoms with van der Waals surface area (Å²) in [5.74, 6) is -2.09. The number of rotatable bonds is 7. The Bertz CT molecular complexity index is 1140. The lowest BCUT2D eigenvalue weighted by atomic mass is 9.92. The molecule has 3 aromatic heterocycles. The van der Waals surface area contributed by atoms with E-state index in [4.69, 9.17) is 0 Å². The van der Waals surface area contributed by atoms with E-state index in [9.17, 15) is 18.4 Å². The number of aromatic nitrogens is 6. The molecule has 0 unspecified atom stereocenters. The van der Waals surface area contributed by atoms with Crippen molar-refractivity contribution in [2.45, 2.75) is 54.1 Å². The maximum absolute atomic E-state index is 13.5. The molecule has 1 aliphatic rings. The molecule has 166 valence electrons. The number of H-pyrrole nitrogens is 1. The maximum atomic E-state index is 13.5. The van der Waals surface area contributed by atoms with Gasteiger partial charge in [-0.1, -0.05) is 41.8 Å². The molecular weight excluding hydrogens is 468 g/mol. The van der Waals surface area contributed by atoms with Crippen LogP contribution < -0.4 is 10.9 Å². The van der Waals surface area contributed by atoms with Crippen molar-refractivity contribution in [1.82, 2.24) is 29.9 Å². The fourth-order valence-corrected chi connectivity index (χ4v) is 5.57. The van der Waals surface area contributed by atoms with E-state index >= 15 is 0 Å². The Balaban J connectivity index is 1.44. The van der Waals surface area contributed by atoms with Crippen molar-refractivity contribution in [1.29, 1.82) is 0 Å². The Morgan fingerprint density at radius 1 is 1.35 bits per heavy atom. The summed E-state index contributed by atoms with van der Waals surface area (Å²) in [6.45, 7) is 2.00. The lowest BCUT2D eigenvalue weighted by Crippen LogP contribution is -2.27. The molecule has 0 radical (unpaired) electrons. The van der Waals surface area contributed by atoms with Gasteiger partial charge in [0.05, 0.1) is 18.0 Å². The van der Waals surface area contributed by atoms with Crippen molar-refractivity contribution in [3.63, 3.8) is 0 Å². The lowest BCUT2D eigenvalue weighted by Gasteiger charge is -2.28. The first-order valence-electron chi connectivity index (χ1n) is 9.59. The largest absolute Gasteiger partial charge is 0.301 e. The van der Waals surface area contributed by atoms with Gasteiger partial charge in [-0.15, -0.1) is 10.2 Å². The fourth-order valence-electron chi connectivity index (χ4n) is 3.25. The van der Waals surface area contributed by atoms with Crippen molar-refractivity contribution in [3.05, 3.63) is 16.6 Å². The molecule has 0 spiro atoms. The Labute approximate surface area is 187 Å². The fraction of sp³-hybridized carbons (Fsp3) is 0.529. The molecule has 9 nitrogen and oxygen atoms in total. The van der Waals surface area contributed by atoms with E-state index in [1.165, 1.54) is 29.3 Å². The van der Waals surface area contributed by atoms with Crippen LogP contribution in [0.15, 0.2) is 20.5 Å². The zero-order valence-corrected chi connectivity index (χ0v) is 18.9. The highest BCUT2D eigenvalue weighted by Gasteiger charge is 2.36. The monoisotopic (exact) mass is 487 g/mol. The minimum atomic E-state index is -2.65. The molecule has 1 amide bonds. The lowest BCUT2D eigenvalue weighted by molar-refractivity contribution is -0.113. The average Bonchev–Trinajstić information content (AvgIpc) is 3.34. The van der Waals surface area contributed by atoms with Crippen molar-refractivity contribution in [2.24, 2.45) is 0 Å².